The SMILES string of the molecule is CC(=O)N(Cc1noc(C)n1)[C@@H]1CCN([C@H](C)c2cccc(F)c2)C1. The van der Waals surface area contributed by atoms with Gasteiger partial charge in [-0.1, -0.05) is 17.3 Å². The maximum atomic E-state index is 13.5. The zero-order chi connectivity index (χ0) is 18.0. The van der Waals surface area contributed by atoms with Crippen molar-refractivity contribution in [3.8, 4) is 0 Å². The number of nitrogens with zero attached hydrogens (tertiary/aromatic N) is 4. The average molecular weight is 346 g/mol. The van der Waals surface area contributed by atoms with Crippen molar-refractivity contribution in [2.45, 2.75) is 45.8 Å². The summed E-state index contributed by atoms with van der Waals surface area (Å²) < 4.78 is 18.5. The van der Waals surface area contributed by atoms with Gasteiger partial charge in [-0.15, -0.1) is 0 Å². The Labute approximate surface area is 146 Å². The molecule has 1 aromatic heterocycles. The second kappa shape index (κ2) is 7.31. The summed E-state index contributed by atoms with van der Waals surface area (Å²) in [6.45, 7) is 7.31. The van der Waals surface area contributed by atoms with E-state index in [2.05, 4.69) is 22.0 Å². The summed E-state index contributed by atoms with van der Waals surface area (Å²) in [6.07, 6.45) is 0.871. The third-order valence-electron chi connectivity index (χ3n) is 4.80. The van der Waals surface area contributed by atoms with E-state index in [0.29, 0.717) is 18.3 Å². The monoisotopic (exact) mass is 346 g/mol. The molecule has 1 fully saturated rings. The van der Waals surface area contributed by atoms with Gasteiger partial charge in [-0.25, -0.2) is 4.39 Å². The Kier molecular flexibility index (Phi) is 5.13. The molecule has 0 N–H and O–H groups in total. The number of amides is 1. The summed E-state index contributed by atoms with van der Waals surface area (Å²) in [5, 5.41) is 3.89. The number of benzene rings is 1. The number of carbonyl (C=O) groups is 1. The number of carbonyl (C=O) groups excluding carboxylic acids is 1. The lowest BCUT2D eigenvalue weighted by Crippen LogP contribution is -2.40. The Morgan fingerprint density at radius 3 is 2.96 bits per heavy atom. The van der Waals surface area contributed by atoms with E-state index in [9.17, 15) is 9.18 Å². The number of hydrogen-bond acceptors (Lipinski definition) is 5. The van der Waals surface area contributed by atoms with E-state index in [1.54, 1.807) is 30.9 Å². The second-order valence-corrected chi connectivity index (χ2v) is 6.54. The summed E-state index contributed by atoms with van der Waals surface area (Å²) in [5.74, 6) is 0.779. The summed E-state index contributed by atoms with van der Waals surface area (Å²) in [6, 6.07) is 6.88. The summed E-state index contributed by atoms with van der Waals surface area (Å²) >= 11 is 0. The van der Waals surface area contributed by atoms with Crippen molar-refractivity contribution >= 4 is 5.91 Å². The van der Waals surface area contributed by atoms with Crippen molar-refractivity contribution in [1.82, 2.24) is 19.9 Å². The Morgan fingerprint density at radius 2 is 2.32 bits per heavy atom. The van der Waals surface area contributed by atoms with Crippen LogP contribution >= 0.6 is 0 Å². The molecule has 2 aromatic rings. The predicted molar refractivity (Wildman–Crippen MR) is 90.1 cm³/mol. The first-order valence-electron chi connectivity index (χ1n) is 8.50. The molecular formula is C18H23FN4O2. The van der Waals surface area contributed by atoms with E-state index in [1.807, 2.05) is 6.07 Å². The Balaban J connectivity index is 1.68. The van der Waals surface area contributed by atoms with Gasteiger partial charge < -0.3 is 9.42 Å². The third kappa shape index (κ3) is 4.04. The van der Waals surface area contributed by atoms with Gasteiger partial charge in [0.05, 0.1) is 6.54 Å². The smallest absolute Gasteiger partial charge is 0.223 e. The lowest BCUT2D eigenvalue weighted by molar-refractivity contribution is -0.131. The maximum absolute atomic E-state index is 13.5. The van der Waals surface area contributed by atoms with E-state index in [4.69, 9.17) is 4.52 Å². The van der Waals surface area contributed by atoms with E-state index < -0.39 is 0 Å². The molecule has 0 spiro atoms. The van der Waals surface area contributed by atoms with Gasteiger partial charge in [0, 0.05) is 39.0 Å². The zero-order valence-electron chi connectivity index (χ0n) is 14.8. The summed E-state index contributed by atoms with van der Waals surface area (Å²) in [4.78, 5) is 20.4. The van der Waals surface area contributed by atoms with Gasteiger partial charge in [0.25, 0.3) is 0 Å². The minimum Gasteiger partial charge on any atom is -0.340 e. The summed E-state index contributed by atoms with van der Waals surface area (Å²) in [7, 11) is 0. The fourth-order valence-electron chi connectivity index (χ4n) is 3.41. The van der Waals surface area contributed by atoms with E-state index in [-0.39, 0.29) is 23.8 Å². The number of likely N-dealkylation sites (tertiary alicyclic amines) is 1. The van der Waals surface area contributed by atoms with Crippen LogP contribution in [0.15, 0.2) is 28.8 Å². The van der Waals surface area contributed by atoms with Crippen molar-refractivity contribution < 1.29 is 13.7 Å². The Bertz CT molecular complexity index is 748. The van der Waals surface area contributed by atoms with Gasteiger partial charge in [-0.05, 0) is 31.0 Å². The molecule has 7 heteroatoms. The molecule has 0 aliphatic carbocycles. The van der Waals surface area contributed by atoms with E-state index >= 15 is 0 Å². The van der Waals surface area contributed by atoms with Crippen LogP contribution in [0.2, 0.25) is 0 Å². The van der Waals surface area contributed by atoms with E-state index in [0.717, 1.165) is 25.1 Å². The molecule has 0 saturated carbocycles. The van der Waals surface area contributed by atoms with Gasteiger partial charge >= 0.3 is 0 Å². The molecule has 1 aromatic carbocycles. The van der Waals surface area contributed by atoms with Crippen molar-refractivity contribution in [2.24, 2.45) is 0 Å². The van der Waals surface area contributed by atoms with Crippen LogP contribution < -0.4 is 0 Å². The van der Waals surface area contributed by atoms with Crippen molar-refractivity contribution in [3.05, 3.63) is 47.4 Å². The lowest BCUT2D eigenvalue weighted by atomic mass is 10.1. The van der Waals surface area contributed by atoms with Crippen LogP contribution in [0.4, 0.5) is 4.39 Å². The van der Waals surface area contributed by atoms with Gasteiger partial charge in [-0.3, -0.25) is 9.69 Å². The quantitative estimate of drug-likeness (QED) is 0.833. The van der Waals surface area contributed by atoms with Gasteiger partial charge in [0.15, 0.2) is 5.82 Å². The van der Waals surface area contributed by atoms with Crippen molar-refractivity contribution in [2.75, 3.05) is 13.1 Å². The topological polar surface area (TPSA) is 62.5 Å². The first-order valence-corrected chi connectivity index (χ1v) is 8.50. The van der Waals surface area contributed by atoms with Crippen LogP contribution in [0, 0.1) is 12.7 Å². The highest BCUT2D eigenvalue weighted by Gasteiger charge is 2.32. The first-order chi connectivity index (χ1) is 11.9. The van der Waals surface area contributed by atoms with Crippen molar-refractivity contribution in [3.63, 3.8) is 0 Å². The van der Waals surface area contributed by atoms with Gasteiger partial charge in [0.2, 0.25) is 11.8 Å². The highest BCUT2D eigenvalue weighted by molar-refractivity contribution is 5.73. The molecule has 3 rings (SSSR count). The Hall–Kier alpha value is -2.28. The van der Waals surface area contributed by atoms with Crippen LogP contribution in [-0.2, 0) is 11.3 Å². The number of aryl methyl sites for hydroxylation is 1. The number of rotatable bonds is 5. The number of hydrogen-bond donors (Lipinski definition) is 0. The fourth-order valence-corrected chi connectivity index (χ4v) is 3.41. The molecule has 25 heavy (non-hydrogen) atoms. The Morgan fingerprint density at radius 1 is 1.52 bits per heavy atom. The lowest BCUT2D eigenvalue weighted by Gasteiger charge is -2.29. The molecule has 1 saturated heterocycles. The van der Waals surface area contributed by atoms with Gasteiger partial charge in [-0.2, -0.15) is 4.98 Å². The molecule has 1 aliphatic rings. The number of aromatic nitrogens is 2. The van der Waals surface area contributed by atoms with E-state index in [1.165, 1.54) is 6.07 Å². The largest absolute Gasteiger partial charge is 0.340 e. The molecule has 2 atom stereocenters. The van der Waals surface area contributed by atoms with Crippen LogP contribution in [0.1, 0.15) is 43.6 Å². The van der Waals surface area contributed by atoms with Crippen LogP contribution in [0.25, 0.3) is 0 Å². The zero-order valence-corrected chi connectivity index (χ0v) is 14.8. The number of halogens is 1. The first kappa shape index (κ1) is 17.5. The predicted octanol–water partition coefficient (Wildman–Crippen LogP) is 2.70. The average Bonchev–Trinajstić information content (AvgIpc) is 3.20. The minimum atomic E-state index is -0.224. The van der Waals surface area contributed by atoms with Gasteiger partial charge in [0.1, 0.15) is 5.82 Å². The van der Waals surface area contributed by atoms with Crippen LogP contribution in [-0.4, -0.2) is 45.0 Å². The molecule has 1 amide bonds. The molecule has 0 unspecified atom stereocenters. The molecule has 2 heterocycles. The second-order valence-electron chi connectivity index (χ2n) is 6.54. The van der Waals surface area contributed by atoms with Crippen LogP contribution in [0.3, 0.4) is 0 Å². The highest BCUT2D eigenvalue weighted by Crippen LogP contribution is 2.27. The van der Waals surface area contributed by atoms with Crippen molar-refractivity contribution in [1.29, 1.82) is 0 Å². The van der Waals surface area contributed by atoms with Crippen LogP contribution in [0.5, 0.6) is 0 Å². The standard InChI is InChI=1S/C18H23FN4O2/c1-12(15-5-4-6-16(19)9-15)22-8-7-17(10-22)23(14(3)24)11-18-20-13(2)25-21-18/h4-6,9,12,17H,7-8,10-11H2,1-3H3/t12-,17-/m1/s1. The molecule has 134 valence electrons. The molecular weight excluding hydrogens is 323 g/mol. The molecule has 0 bridgehead atoms. The third-order valence-corrected chi connectivity index (χ3v) is 4.80. The summed E-state index contributed by atoms with van der Waals surface area (Å²) in [5.41, 5.74) is 0.948. The molecule has 1 aliphatic heterocycles. The molecule has 0 radical (unpaired) electrons. The molecule has 6 nitrogen and oxygen atoms in total. The minimum absolute atomic E-state index is 0.00675. The fraction of sp³-hybridized carbons (Fsp3) is 0.500. The normalized spacial score (nSPS) is 19.1. The maximum Gasteiger partial charge on any atom is 0.223 e. The highest BCUT2D eigenvalue weighted by atomic mass is 19.1.